The molecule has 0 aliphatic heterocycles. The molecule has 1 nitrogen and oxygen atoms in total. The van der Waals surface area contributed by atoms with E-state index in [-0.39, 0.29) is 0 Å². The second-order valence-electron chi connectivity index (χ2n) is 2.99. The Labute approximate surface area is 74.1 Å². The number of nitrogens with two attached hydrogens (primary N) is 1. The van der Waals surface area contributed by atoms with E-state index in [4.69, 9.17) is 3.72 Å². The minimum absolute atomic E-state index is 0.337. The van der Waals surface area contributed by atoms with Gasteiger partial charge in [0.15, 0.2) is 0 Å². The van der Waals surface area contributed by atoms with Crippen molar-refractivity contribution in [3.05, 3.63) is 23.3 Å². The average molecular weight is 302 g/mol. The molecule has 0 saturated carbocycles. The van der Waals surface area contributed by atoms with Crippen LogP contribution >= 0.6 is 0 Å². The number of allylic oxidation sites excluding steroid dienone is 4. The van der Waals surface area contributed by atoms with Crippen molar-refractivity contribution in [2.75, 3.05) is 0 Å². The van der Waals surface area contributed by atoms with Crippen LogP contribution in [0.15, 0.2) is 23.3 Å². The molecule has 1 rings (SSSR count). The van der Waals surface area contributed by atoms with Crippen molar-refractivity contribution in [2.24, 2.45) is 3.72 Å². The first kappa shape index (κ1) is 8.41. The van der Waals surface area contributed by atoms with Crippen LogP contribution in [0.25, 0.3) is 0 Å². The molecule has 0 heterocycles. The molecular weight excluding hydrogens is 289 g/mol. The van der Waals surface area contributed by atoms with E-state index in [9.17, 15) is 0 Å². The first-order chi connectivity index (χ1) is 4.60. The zero-order valence-corrected chi connectivity index (χ0v) is 10.3. The normalized spacial score (nSPS) is 31.6. The molecule has 1 unspecified atom stereocenters. The van der Waals surface area contributed by atoms with Gasteiger partial charge in [-0.2, -0.15) is 0 Å². The molecule has 0 aromatic carbocycles. The molecule has 0 fully saturated rings. The Morgan fingerprint density at radius 1 is 1.50 bits per heavy atom. The van der Waals surface area contributed by atoms with Gasteiger partial charge >= 0.3 is 74.2 Å². The zero-order valence-electron chi connectivity index (χ0n) is 6.73. The summed E-state index contributed by atoms with van der Waals surface area (Å²) >= 11 is -0.888. The van der Waals surface area contributed by atoms with E-state index >= 15 is 0 Å². The molecule has 2 heteroatoms. The third-order valence-electron chi connectivity index (χ3n) is 2.34. The van der Waals surface area contributed by atoms with Gasteiger partial charge in [0.1, 0.15) is 0 Å². The molecule has 0 aromatic rings. The minimum atomic E-state index is -0.888. The average Bonchev–Trinajstić information content (AvgIpc) is 2.19. The standard InChI is InChI=1S/C8H11.Hf.H2N/c1-6-4-5-7(2)8(6)3;;/h4-5H,1-3H3;;1H2/q;+1;-1. The van der Waals surface area contributed by atoms with E-state index < -0.39 is 23.2 Å². The Morgan fingerprint density at radius 2 is 2.10 bits per heavy atom. The quantitative estimate of drug-likeness (QED) is 0.737. The number of hydrogen-bond donors (Lipinski definition) is 1. The molecule has 1 aliphatic rings. The monoisotopic (exact) mass is 303 g/mol. The van der Waals surface area contributed by atoms with Crippen molar-refractivity contribution >= 4 is 0 Å². The Balaban J connectivity index is 2.96. The predicted octanol–water partition coefficient (Wildman–Crippen LogP) is 2.03. The van der Waals surface area contributed by atoms with Gasteiger partial charge in [-0.25, -0.2) is 0 Å². The second-order valence-corrected chi connectivity index (χ2v) is 7.76. The van der Waals surface area contributed by atoms with Gasteiger partial charge in [0, 0.05) is 0 Å². The Hall–Kier alpha value is 0.310. The van der Waals surface area contributed by atoms with Crippen molar-refractivity contribution in [1.82, 2.24) is 0 Å². The van der Waals surface area contributed by atoms with Crippen molar-refractivity contribution in [1.29, 1.82) is 0 Å². The van der Waals surface area contributed by atoms with Crippen LogP contribution in [-0.4, -0.2) is 0 Å². The summed E-state index contributed by atoms with van der Waals surface area (Å²) in [4.78, 5) is 0. The summed E-state index contributed by atoms with van der Waals surface area (Å²) in [6, 6.07) is 0. The molecule has 0 saturated heterocycles. The summed E-state index contributed by atoms with van der Waals surface area (Å²) in [5.74, 6) is 0. The molecule has 0 amide bonds. The Morgan fingerprint density at radius 3 is 2.30 bits per heavy atom. The summed E-state index contributed by atoms with van der Waals surface area (Å²) in [6.07, 6.45) is 4.48. The van der Waals surface area contributed by atoms with Crippen molar-refractivity contribution < 1.29 is 23.2 Å². The SMILES string of the molecule is CC1=C(C)[C](C)([Hf][NH2])C=C1. The van der Waals surface area contributed by atoms with Crippen LogP contribution in [0.4, 0.5) is 0 Å². The maximum absolute atomic E-state index is 5.83. The molecule has 0 aromatic heterocycles. The molecule has 1 aliphatic carbocycles. The summed E-state index contributed by atoms with van der Waals surface area (Å²) in [6.45, 7) is 6.63. The topological polar surface area (TPSA) is 26.0 Å². The van der Waals surface area contributed by atoms with Gasteiger partial charge < -0.3 is 0 Å². The first-order valence-corrected chi connectivity index (χ1v) is 7.32. The van der Waals surface area contributed by atoms with Crippen molar-refractivity contribution in [3.8, 4) is 0 Å². The molecule has 54 valence electrons. The van der Waals surface area contributed by atoms with Crippen LogP contribution in [0.5, 0.6) is 0 Å². The fourth-order valence-corrected chi connectivity index (χ4v) is 3.24. The van der Waals surface area contributed by atoms with E-state index in [2.05, 4.69) is 32.9 Å². The third-order valence-corrected chi connectivity index (χ3v) is 6.44. The third kappa shape index (κ3) is 1.19. The van der Waals surface area contributed by atoms with Gasteiger partial charge in [-0.15, -0.1) is 0 Å². The summed E-state index contributed by atoms with van der Waals surface area (Å²) in [5.41, 5.74) is 2.92. The van der Waals surface area contributed by atoms with E-state index in [1.54, 1.807) is 0 Å². The van der Waals surface area contributed by atoms with Crippen LogP contribution in [0.2, 0.25) is 3.17 Å². The van der Waals surface area contributed by atoms with Crippen LogP contribution in [0.3, 0.4) is 0 Å². The predicted molar refractivity (Wildman–Crippen MR) is 40.1 cm³/mol. The molecule has 0 bridgehead atoms. The second kappa shape index (κ2) is 2.74. The van der Waals surface area contributed by atoms with Crippen LogP contribution in [-0.2, 0) is 23.2 Å². The maximum atomic E-state index is 5.83. The van der Waals surface area contributed by atoms with Gasteiger partial charge in [-0.05, 0) is 0 Å². The van der Waals surface area contributed by atoms with E-state index in [1.807, 2.05) is 0 Å². The fraction of sp³-hybridized carbons (Fsp3) is 0.500. The molecule has 2 N–H and O–H groups in total. The Kier molecular flexibility index (Phi) is 2.31. The number of rotatable bonds is 1. The van der Waals surface area contributed by atoms with Gasteiger partial charge in [0.25, 0.3) is 0 Å². The fourth-order valence-electron chi connectivity index (χ4n) is 1.11. The summed E-state index contributed by atoms with van der Waals surface area (Å²) in [5, 5.41) is 0. The van der Waals surface area contributed by atoms with Crippen LogP contribution in [0.1, 0.15) is 20.8 Å². The molecule has 0 radical (unpaired) electrons. The van der Waals surface area contributed by atoms with Gasteiger partial charge in [-0.3, -0.25) is 0 Å². The molecule has 0 spiro atoms. The molecule has 10 heavy (non-hydrogen) atoms. The van der Waals surface area contributed by atoms with Gasteiger partial charge in [-0.1, -0.05) is 0 Å². The molecule has 1 atom stereocenters. The van der Waals surface area contributed by atoms with Crippen LogP contribution < -0.4 is 3.72 Å². The van der Waals surface area contributed by atoms with Crippen LogP contribution in [0, 0.1) is 0 Å². The molecular formula is C8H13HfN. The van der Waals surface area contributed by atoms with Crippen molar-refractivity contribution in [2.45, 2.75) is 23.9 Å². The summed E-state index contributed by atoms with van der Waals surface area (Å²) < 4.78 is 6.17. The Bertz CT molecular complexity index is 205. The van der Waals surface area contributed by atoms with Gasteiger partial charge in [0.05, 0.1) is 0 Å². The summed E-state index contributed by atoms with van der Waals surface area (Å²) in [7, 11) is 0. The van der Waals surface area contributed by atoms with Gasteiger partial charge in [0.2, 0.25) is 0 Å². The van der Waals surface area contributed by atoms with E-state index in [0.717, 1.165) is 0 Å². The van der Waals surface area contributed by atoms with Crippen molar-refractivity contribution in [3.63, 3.8) is 0 Å². The van der Waals surface area contributed by atoms with E-state index in [0.29, 0.717) is 3.17 Å². The van der Waals surface area contributed by atoms with E-state index in [1.165, 1.54) is 11.1 Å². The number of hydrogen-bond acceptors (Lipinski definition) is 1. The first-order valence-electron chi connectivity index (χ1n) is 3.45. The zero-order chi connectivity index (χ0) is 7.78.